The Morgan fingerprint density at radius 2 is 2.03 bits per heavy atom. The second kappa shape index (κ2) is 9.17. The predicted molar refractivity (Wildman–Crippen MR) is 132 cm³/mol. The lowest BCUT2D eigenvalue weighted by atomic mass is 10.1. The van der Waals surface area contributed by atoms with Gasteiger partial charge in [-0.2, -0.15) is 0 Å². The zero-order valence-corrected chi connectivity index (χ0v) is 21.6. The number of anilines is 1. The lowest BCUT2D eigenvalue weighted by Gasteiger charge is -2.38. The molecule has 2 aliphatic rings. The molecule has 36 heavy (non-hydrogen) atoms. The van der Waals surface area contributed by atoms with E-state index in [4.69, 9.17) is 0 Å². The van der Waals surface area contributed by atoms with E-state index in [9.17, 15) is 22.3 Å². The molecule has 2 fully saturated rings. The molecule has 2 aromatic heterocycles. The van der Waals surface area contributed by atoms with E-state index in [1.165, 1.54) is 6.07 Å². The van der Waals surface area contributed by atoms with Crippen LogP contribution in [0.25, 0.3) is 21.6 Å². The number of aryl methyl sites for hydroxylation is 1. The number of nitrogens with zero attached hydrogens (tertiary/aromatic N) is 5. The van der Waals surface area contributed by atoms with Crippen molar-refractivity contribution in [3.05, 3.63) is 23.0 Å². The average molecular weight is 540 g/mol. The normalized spacial score (nSPS) is 21.9. The molecule has 1 saturated heterocycles. The first-order valence-corrected chi connectivity index (χ1v) is 13.9. The Balaban J connectivity index is 1.73. The Labute approximate surface area is 211 Å². The number of benzene rings is 1. The number of halogens is 2. The highest BCUT2D eigenvalue weighted by Gasteiger charge is 2.41. The van der Waals surface area contributed by atoms with Gasteiger partial charge >= 0.3 is 0 Å². The molecule has 0 unspecified atom stereocenters. The maximum Gasteiger partial charge on any atom is 0.291 e. The van der Waals surface area contributed by atoms with E-state index in [-0.39, 0.29) is 34.3 Å². The van der Waals surface area contributed by atoms with Crippen molar-refractivity contribution < 1.29 is 22.3 Å². The van der Waals surface area contributed by atoms with Crippen LogP contribution in [0, 0.1) is 6.92 Å². The summed E-state index contributed by atoms with van der Waals surface area (Å²) in [6, 6.07) is 2.87. The van der Waals surface area contributed by atoms with Crippen molar-refractivity contribution in [1.82, 2.24) is 30.2 Å². The Morgan fingerprint density at radius 1 is 1.28 bits per heavy atom. The zero-order valence-electron chi connectivity index (χ0n) is 20.0. The highest BCUT2D eigenvalue weighted by molar-refractivity contribution is 7.89. The monoisotopic (exact) mass is 539 g/mol. The summed E-state index contributed by atoms with van der Waals surface area (Å²) in [5, 5.41) is 20.7. The number of rotatable bonds is 7. The van der Waals surface area contributed by atoms with E-state index in [0.29, 0.717) is 46.8 Å². The smallest absolute Gasteiger partial charge is 0.291 e. The number of aliphatic hydroxyl groups excluding tert-OH is 1. The minimum atomic E-state index is -3.91. The number of fused-ring (bicyclic) bond motifs is 1. The van der Waals surface area contributed by atoms with Gasteiger partial charge in [0.15, 0.2) is 10.0 Å². The van der Waals surface area contributed by atoms with Gasteiger partial charge in [-0.25, -0.2) is 31.9 Å². The molecule has 0 bridgehead atoms. The number of aromatic nitrogens is 4. The molecule has 3 aromatic rings. The molecule has 1 aliphatic heterocycles. The lowest BCUT2D eigenvalue weighted by molar-refractivity contribution is 0.150. The van der Waals surface area contributed by atoms with E-state index in [1.807, 2.05) is 18.7 Å². The van der Waals surface area contributed by atoms with Crippen LogP contribution in [0.3, 0.4) is 0 Å². The number of hydrogen-bond donors (Lipinski definition) is 3. The van der Waals surface area contributed by atoms with E-state index in [2.05, 4.69) is 30.2 Å². The molecule has 194 valence electrons. The fraction of sp³-hybridized carbons (Fsp3) is 0.545. The van der Waals surface area contributed by atoms with Gasteiger partial charge in [0.05, 0.1) is 22.7 Å². The molecule has 1 aromatic carbocycles. The third-order valence-corrected chi connectivity index (χ3v) is 8.96. The van der Waals surface area contributed by atoms with Gasteiger partial charge in [-0.3, -0.25) is 0 Å². The molecule has 3 heterocycles. The number of hydrogen-bond acceptors (Lipinski definition) is 10. The molecule has 2 atom stereocenters. The second-order valence-electron chi connectivity index (χ2n) is 9.72. The first kappa shape index (κ1) is 25.3. The summed E-state index contributed by atoms with van der Waals surface area (Å²) in [4.78, 5) is 11.1. The largest absolute Gasteiger partial charge is 0.395 e. The van der Waals surface area contributed by atoms with Crippen molar-refractivity contribution >= 4 is 38.0 Å². The van der Waals surface area contributed by atoms with Crippen LogP contribution in [-0.2, 0) is 10.0 Å². The zero-order chi connectivity index (χ0) is 25.8. The highest BCUT2D eigenvalue weighted by Crippen LogP contribution is 2.39. The topological polar surface area (TPSA) is 133 Å². The maximum atomic E-state index is 13.4. The molecular formula is C22H27F2N7O3S2. The highest BCUT2D eigenvalue weighted by atomic mass is 32.2. The van der Waals surface area contributed by atoms with E-state index < -0.39 is 27.0 Å². The summed E-state index contributed by atoms with van der Waals surface area (Å²) >= 11 is 0.713. The Bertz CT molecular complexity index is 1410. The second-order valence-corrected chi connectivity index (χ2v) is 12.4. The molecular weight excluding hydrogens is 512 g/mol. The van der Waals surface area contributed by atoms with Gasteiger partial charge in [-0.15, -0.1) is 10.2 Å². The quantitative estimate of drug-likeness (QED) is 0.414. The third kappa shape index (κ3) is 4.92. The van der Waals surface area contributed by atoms with Gasteiger partial charge in [-0.05, 0) is 45.7 Å². The van der Waals surface area contributed by atoms with Crippen LogP contribution in [-0.4, -0.2) is 71.0 Å². The van der Waals surface area contributed by atoms with Crippen molar-refractivity contribution in [3.8, 4) is 10.7 Å². The minimum Gasteiger partial charge on any atom is -0.395 e. The predicted octanol–water partition coefficient (Wildman–Crippen LogP) is 2.38. The standard InChI is InChI=1S/C22H27F2N7O3S2/c1-11-8-31(9-13(10-32)25-11)16-7-14(36(33,34)30-22(3)4-5-22)6-15-17(16)26-12(2)27-18(15)20-28-29-21(35-20)19(23)24/h6-7,11,13,19,25,30,32H,4-5,8-10H2,1-3H3/t11-,13-/m1/s1. The van der Waals surface area contributed by atoms with Gasteiger partial charge in [0.2, 0.25) is 10.0 Å². The summed E-state index contributed by atoms with van der Waals surface area (Å²) in [7, 11) is -3.91. The van der Waals surface area contributed by atoms with Gasteiger partial charge in [0.1, 0.15) is 11.5 Å². The Kier molecular flexibility index (Phi) is 6.44. The number of piperazine rings is 1. The molecule has 1 saturated carbocycles. The fourth-order valence-corrected chi connectivity index (χ4v) is 6.65. The van der Waals surface area contributed by atoms with E-state index >= 15 is 0 Å². The lowest BCUT2D eigenvalue weighted by Crippen LogP contribution is -2.57. The summed E-state index contributed by atoms with van der Waals surface area (Å²) in [6.07, 6.45) is -1.29. The van der Waals surface area contributed by atoms with Gasteiger partial charge in [0, 0.05) is 36.1 Å². The van der Waals surface area contributed by atoms with Crippen LogP contribution in [0.15, 0.2) is 17.0 Å². The Hall–Kier alpha value is -2.39. The molecule has 0 amide bonds. The van der Waals surface area contributed by atoms with Crippen LogP contribution in [0.1, 0.15) is 43.9 Å². The van der Waals surface area contributed by atoms with Crippen LogP contribution < -0.4 is 14.9 Å². The molecule has 10 nitrogen and oxygen atoms in total. The maximum absolute atomic E-state index is 13.4. The van der Waals surface area contributed by atoms with E-state index in [1.54, 1.807) is 13.0 Å². The SMILES string of the molecule is Cc1nc(-c2nnc(C(F)F)s2)c2cc(S(=O)(=O)NC3(C)CC3)cc(N3C[C@H](CO)N[C@H](C)C3)c2n1. The molecule has 3 N–H and O–H groups in total. The van der Waals surface area contributed by atoms with Crippen molar-refractivity contribution in [2.45, 2.75) is 62.6 Å². The molecule has 14 heteroatoms. The van der Waals surface area contributed by atoms with Crippen molar-refractivity contribution in [2.24, 2.45) is 0 Å². The summed E-state index contributed by atoms with van der Waals surface area (Å²) < 4.78 is 56.1. The summed E-state index contributed by atoms with van der Waals surface area (Å²) in [6.45, 7) is 6.40. The number of nitrogens with one attached hydrogen (secondary N) is 2. The molecule has 0 spiro atoms. The van der Waals surface area contributed by atoms with Crippen molar-refractivity contribution in [1.29, 1.82) is 0 Å². The minimum absolute atomic E-state index is 0.0221. The number of alkyl halides is 2. The van der Waals surface area contributed by atoms with Crippen LogP contribution >= 0.6 is 11.3 Å². The van der Waals surface area contributed by atoms with Gasteiger partial charge < -0.3 is 15.3 Å². The first-order chi connectivity index (χ1) is 17.0. The average Bonchev–Trinajstić information content (AvgIpc) is 3.31. The number of sulfonamides is 1. The third-order valence-electron chi connectivity index (χ3n) is 6.40. The molecule has 5 rings (SSSR count). The molecule has 1 aliphatic carbocycles. The Morgan fingerprint density at radius 3 is 2.67 bits per heavy atom. The van der Waals surface area contributed by atoms with E-state index in [0.717, 1.165) is 12.8 Å². The summed E-state index contributed by atoms with van der Waals surface area (Å²) in [5.41, 5.74) is 0.802. The number of aliphatic hydroxyl groups is 1. The van der Waals surface area contributed by atoms with Crippen LogP contribution in [0.4, 0.5) is 14.5 Å². The van der Waals surface area contributed by atoms with Crippen LogP contribution in [0.2, 0.25) is 0 Å². The van der Waals surface area contributed by atoms with Crippen LogP contribution in [0.5, 0.6) is 0 Å². The van der Waals surface area contributed by atoms with Gasteiger partial charge in [-0.1, -0.05) is 11.3 Å². The summed E-state index contributed by atoms with van der Waals surface area (Å²) in [5.74, 6) is 0.383. The fourth-order valence-electron chi connectivity index (χ4n) is 4.44. The van der Waals surface area contributed by atoms with Crippen molar-refractivity contribution in [2.75, 3.05) is 24.6 Å². The molecule has 0 radical (unpaired) electrons. The first-order valence-electron chi connectivity index (χ1n) is 11.6. The van der Waals surface area contributed by atoms with Gasteiger partial charge in [0.25, 0.3) is 6.43 Å². The van der Waals surface area contributed by atoms with Crippen molar-refractivity contribution in [3.63, 3.8) is 0 Å².